The Hall–Kier alpha value is -1.22. The van der Waals surface area contributed by atoms with Crippen molar-refractivity contribution in [3.05, 3.63) is 23.8 Å². The average Bonchev–Trinajstić information content (AvgIpc) is 2.55. The summed E-state index contributed by atoms with van der Waals surface area (Å²) in [5, 5.41) is 3.29. The third kappa shape index (κ3) is 2.30. The largest absolute Gasteiger partial charge is 0.490 e. The molecule has 1 N–H and O–H groups in total. The van der Waals surface area contributed by atoms with E-state index in [1.165, 1.54) is 5.56 Å². The van der Waals surface area contributed by atoms with Crippen LogP contribution < -0.4 is 14.8 Å². The van der Waals surface area contributed by atoms with Crippen LogP contribution in [0.1, 0.15) is 31.4 Å². The molecule has 1 heterocycles. The fraction of sp³-hybridized carbons (Fsp3) is 0.538. The standard InChI is InChI=1S/C13H19NO2/c1-3-11(14-2)10-5-6-12-13(9-10)16-8-4-7-15-12/h5-6,9,11,14H,3-4,7-8H2,1-2H3. The van der Waals surface area contributed by atoms with Gasteiger partial charge in [0.15, 0.2) is 11.5 Å². The quantitative estimate of drug-likeness (QED) is 0.850. The zero-order valence-corrected chi connectivity index (χ0v) is 9.95. The predicted molar refractivity (Wildman–Crippen MR) is 64.1 cm³/mol. The number of nitrogens with one attached hydrogen (secondary N) is 1. The van der Waals surface area contributed by atoms with Gasteiger partial charge in [-0.2, -0.15) is 0 Å². The Balaban J connectivity index is 2.26. The second-order valence-corrected chi connectivity index (χ2v) is 4.01. The molecule has 2 rings (SSSR count). The van der Waals surface area contributed by atoms with Crippen LogP contribution in [0.15, 0.2) is 18.2 Å². The van der Waals surface area contributed by atoms with Crippen molar-refractivity contribution in [3.8, 4) is 11.5 Å². The molecule has 16 heavy (non-hydrogen) atoms. The molecule has 0 aliphatic carbocycles. The van der Waals surface area contributed by atoms with Crippen LogP contribution in [0, 0.1) is 0 Å². The lowest BCUT2D eigenvalue weighted by atomic mass is 10.0. The smallest absolute Gasteiger partial charge is 0.161 e. The molecule has 3 heteroatoms. The molecule has 0 amide bonds. The van der Waals surface area contributed by atoms with Gasteiger partial charge in [0.1, 0.15) is 0 Å². The van der Waals surface area contributed by atoms with Crippen molar-refractivity contribution in [3.63, 3.8) is 0 Å². The monoisotopic (exact) mass is 221 g/mol. The van der Waals surface area contributed by atoms with Crippen LogP contribution in [0.4, 0.5) is 0 Å². The van der Waals surface area contributed by atoms with E-state index < -0.39 is 0 Å². The Morgan fingerprint density at radius 3 is 2.69 bits per heavy atom. The van der Waals surface area contributed by atoms with Crippen LogP contribution in [0.25, 0.3) is 0 Å². The SMILES string of the molecule is CCC(NC)c1ccc2c(c1)OCCCO2. The Kier molecular flexibility index (Phi) is 3.67. The summed E-state index contributed by atoms with van der Waals surface area (Å²) in [6, 6.07) is 6.59. The third-order valence-corrected chi connectivity index (χ3v) is 2.93. The number of hydrogen-bond donors (Lipinski definition) is 1. The Bertz CT molecular complexity index is 348. The topological polar surface area (TPSA) is 30.5 Å². The number of rotatable bonds is 3. The van der Waals surface area contributed by atoms with Gasteiger partial charge in [-0.3, -0.25) is 0 Å². The van der Waals surface area contributed by atoms with Crippen LogP contribution in [0.2, 0.25) is 0 Å². The van der Waals surface area contributed by atoms with E-state index in [0.717, 1.165) is 37.6 Å². The average molecular weight is 221 g/mol. The van der Waals surface area contributed by atoms with E-state index in [1.807, 2.05) is 13.1 Å². The van der Waals surface area contributed by atoms with E-state index in [-0.39, 0.29) is 0 Å². The summed E-state index contributed by atoms with van der Waals surface area (Å²) in [7, 11) is 1.98. The molecule has 1 unspecified atom stereocenters. The lowest BCUT2D eigenvalue weighted by molar-refractivity contribution is 0.297. The highest BCUT2D eigenvalue weighted by atomic mass is 16.5. The van der Waals surface area contributed by atoms with E-state index in [9.17, 15) is 0 Å². The van der Waals surface area contributed by atoms with Crippen molar-refractivity contribution in [1.82, 2.24) is 5.32 Å². The molecule has 88 valence electrons. The lowest BCUT2D eigenvalue weighted by Gasteiger charge is -2.16. The summed E-state index contributed by atoms with van der Waals surface area (Å²) in [5.41, 5.74) is 1.26. The second kappa shape index (κ2) is 5.21. The molecule has 0 radical (unpaired) electrons. The zero-order chi connectivity index (χ0) is 11.4. The molecular formula is C13H19NO2. The number of hydrogen-bond acceptors (Lipinski definition) is 3. The molecule has 0 fully saturated rings. The van der Waals surface area contributed by atoms with Crippen molar-refractivity contribution >= 4 is 0 Å². The highest BCUT2D eigenvalue weighted by molar-refractivity contribution is 5.44. The second-order valence-electron chi connectivity index (χ2n) is 4.01. The maximum absolute atomic E-state index is 5.68. The first kappa shape index (κ1) is 11.3. The minimum atomic E-state index is 0.386. The number of fused-ring (bicyclic) bond motifs is 1. The number of ether oxygens (including phenoxy) is 2. The van der Waals surface area contributed by atoms with Crippen LogP contribution in [0.5, 0.6) is 11.5 Å². The van der Waals surface area contributed by atoms with E-state index >= 15 is 0 Å². The van der Waals surface area contributed by atoms with Gasteiger partial charge in [-0.15, -0.1) is 0 Å². The van der Waals surface area contributed by atoms with E-state index in [2.05, 4.69) is 24.4 Å². The first-order chi connectivity index (χ1) is 7.85. The molecular weight excluding hydrogens is 202 g/mol. The highest BCUT2D eigenvalue weighted by Crippen LogP contribution is 2.32. The summed E-state index contributed by atoms with van der Waals surface area (Å²) >= 11 is 0. The Morgan fingerprint density at radius 2 is 2.00 bits per heavy atom. The maximum Gasteiger partial charge on any atom is 0.161 e. The van der Waals surface area contributed by atoms with Crippen molar-refractivity contribution < 1.29 is 9.47 Å². The zero-order valence-electron chi connectivity index (χ0n) is 9.95. The van der Waals surface area contributed by atoms with Crippen molar-refractivity contribution in [2.45, 2.75) is 25.8 Å². The molecule has 1 aliphatic heterocycles. The minimum Gasteiger partial charge on any atom is -0.490 e. The first-order valence-corrected chi connectivity index (χ1v) is 5.92. The summed E-state index contributed by atoms with van der Waals surface area (Å²) in [4.78, 5) is 0. The molecule has 0 saturated carbocycles. The molecule has 1 aromatic rings. The van der Waals surface area contributed by atoms with Gasteiger partial charge in [0.05, 0.1) is 13.2 Å². The Labute approximate surface area is 96.8 Å². The molecule has 1 aromatic carbocycles. The molecule has 0 spiro atoms. The van der Waals surface area contributed by atoms with Gasteiger partial charge in [0, 0.05) is 12.5 Å². The van der Waals surface area contributed by atoms with E-state index in [0.29, 0.717) is 6.04 Å². The normalized spacial score (nSPS) is 16.6. The Morgan fingerprint density at radius 1 is 1.25 bits per heavy atom. The van der Waals surface area contributed by atoms with Gasteiger partial charge in [-0.1, -0.05) is 13.0 Å². The van der Waals surface area contributed by atoms with E-state index in [4.69, 9.17) is 9.47 Å². The molecule has 0 aromatic heterocycles. The van der Waals surface area contributed by atoms with Crippen LogP contribution in [-0.2, 0) is 0 Å². The van der Waals surface area contributed by atoms with Crippen molar-refractivity contribution in [2.24, 2.45) is 0 Å². The van der Waals surface area contributed by atoms with E-state index in [1.54, 1.807) is 0 Å². The van der Waals surface area contributed by atoms with Gasteiger partial charge < -0.3 is 14.8 Å². The maximum atomic E-state index is 5.68. The highest BCUT2D eigenvalue weighted by Gasteiger charge is 2.13. The summed E-state index contributed by atoms with van der Waals surface area (Å²) < 4.78 is 11.3. The predicted octanol–water partition coefficient (Wildman–Crippen LogP) is 2.52. The van der Waals surface area contributed by atoms with Crippen LogP contribution >= 0.6 is 0 Å². The first-order valence-electron chi connectivity index (χ1n) is 5.92. The summed E-state index contributed by atoms with van der Waals surface area (Å²) in [5.74, 6) is 1.75. The fourth-order valence-corrected chi connectivity index (χ4v) is 2.00. The third-order valence-electron chi connectivity index (χ3n) is 2.93. The van der Waals surface area contributed by atoms with Gasteiger partial charge in [0.2, 0.25) is 0 Å². The summed E-state index contributed by atoms with van der Waals surface area (Å²) in [6.07, 6.45) is 2.02. The van der Waals surface area contributed by atoms with Gasteiger partial charge in [0.25, 0.3) is 0 Å². The molecule has 0 bridgehead atoms. The van der Waals surface area contributed by atoms with Crippen LogP contribution in [0.3, 0.4) is 0 Å². The van der Waals surface area contributed by atoms with Gasteiger partial charge >= 0.3 is 0 Å². The van der Waals surface area contributed by atoms with Crippen molar-refractivity contribution in [2.75, 3.05) is 20.3 Å². The van der Waals surface area contributed by atoms with Gasteiger partial charge in [-0.05, 0) is 31.2 Å². The molecule has 1 atom stereocenters. The summed E-state index contributed by atoms with van der Waals surface area (Å²) in [6.45, 7) is 3.66. The van der Waals surface area contributed by atoms with Crippen LogP contribution in [-0.4, -0.2) is 20.3 Å². The minimum absolute atomic E-state index is 0.386. The molecule has 3 nitrogen and oxygen atoms in total. The van der Waals surface area contributed by atoms with Crippen molar-refractivity contribution in [1.29, 1.82) is 0 Å². The lowest BCUT2D eigenvalue weighted by Crippen LogP contribution is -2.15. The fourth-order valence-electron chi connectivity index (χ4n) is 2.00. The van der Waals surface area contributed by atoms with Gasteiger partial charge in [-0.25, -0.2) is 0 Å². The molecule has 0 saturated heterocycles. The number of benzene rings is 1. The molecule has 1 aliphatic rings.